The first-order valence-corrected chi connectivity index (χ1v) is 6.32. The second-order valence-corrected chi connectivity index (χ2v) is 4.38. The van der Waals surface area contributed by atoms with E-state index in [0.29, 0.717) is 5.75 Å². The van der Waals surface area contributed by atoms with Crippen molar-refractivity contribution in [1.82, 2.24) is 0 Å². The quantitative estimate of drug-likeness (QED) is 0.803. The molecule has 0 aromatic heterocycles. The molecule has 0 aliphatic carbocycles. The van der Waals surface area contributed by atoms with Crippen LogP contribution in [-0.4, -0.2) is 0 Å². The van der Waals surface area contributed by atoms with Crippen LogP contribution in [0.5, 0.6) is 11.5 Å². The number of hydrogen-bond acceptors (Lipinski definition) is 2. The van der Waals surface area contributed by atoms with Crippen LogP contribution in [-0.2, 0) is 12.6 Å². The number of nitrogens with zero attached hydrogens (tertiary/aromatic N) is 1. The SMILES string of the molecule is CCc1ccccc1Oc1ccc(C(F)(F)F)c(C#N)c1. The van der Waals surface area contributed by atoms with E-state index in [2.05, 4.69) is 0 Å². The highest BCUT2D eigenvalue weighted by molar-refractivity contribution is 5.46. The highest BCUT2D eigenvalue weighted by Crippen LogP contribution is 2.35. The van der Waals surface area contributed by atoms with Crippen molar-refractivity contribution in [2.24, 2.45) is 0 Å². The minimum atomic E-state index is -4.55. The molecule has 5 heteroatoms. The zero-order valence-electron chi connectivity index (χ0n) is 11.2. The van der Waals surface area contributed by atoms with Crippen molar-refractivity contribution in [1.29, 1.82) is 5.26 Å². The van der Waals surface area contributed by atoms with Crippen LogP contribution in [0.1, 0.15) is 23.6 Å². The largest absolute Gasteiger partial charge is 0.457 e. The van der Waals surface area contributed by atoms with Crippen LogP contribution in [0.25, 0.3) is 0 Å². The molecule has 0 atom stereocenters. The topological polar surface area (TPSA) is 33.0 Å². The van der Waals surface area contributed by atoms with E-state index in [-0.39, 0.29) is 5.75 Å². The molecule has 2 aromatic carbocycles. The molecule has 0 bridgehead atoms. The molecule has 0 aliphatic rings. The number of benzene rings is 2. The molecule has 0 heterocycles. The first-order valence-electron chi connectivity index (χ1n) is 6.32. The summed E-state index contributed by atoms with van der Waals surface area (Å²) in [5, 5.41) is 8.87. The molecule has 0 saturated carbocycles. The van der Waals surface area contributed by atoms with Gasteiger partial charge in [0.2, 0.25) is 0 Å². The van der Waals surface area contributed by atoms with E-state index in [1.54, 1.807) is 18.2 Å². The van der Waals surface area contributed by atoms with Crippen molar-refractivity contribution in [3.8, 4) is 17.6 Å². The van der Waals surface area contributed by atoms with E-state index in [1.807, 2.05) is 19.1 Å². The van der Waals surface area contributed by atoms with Crippen molar-refractivity contribution in [3.63, 3.8) is 0 Å². The molecule has 0 unspecified atom stereocenters. The molecule has 2 aromatic rings. The summed E-state index contributed by atoms with van der Waals surface area (Å²) in [5.74, 6) is 0.782. The summed E-state index contributed by atoms with van der Waals surface area (Å²) in [6.07, 6.45) is -3.81. The third-order valence-corrected chi connectivity index (χ3v) is 3.00. The van der Waals surface area contributed by atoms with Crippen LogP contribution in [0.3, 0.4) is 0 Å². The predicted molar refractivity (Wildman–Crippen MR) is 72.1 cm³/mol. The molecule has 0 aliphatic heterocycles. The number of rotatable bonds is 3. The van der Waals surface area contributed by atoms with Gasteiger partial charge in [-0.15, -0.1) is 0 Å². The fraction of sp³-hybridized carbons (Fsp3) is 0.188. The maximum atomic E-state index is 12.7. The number of halogens is 3. The van der Waals surface area contributed by atoms with E-state index in [0.717, 1.165) is 24.1 Å². The smallest absolute Gasteiger partial charge is 0.417 e. The molecule has 0 fully saturated rings. The first kappa shape index (κ1) is 14.9. The molecule has 2 nitrogen and oxygen atoms in total. The van der Waals surface area contributed by atoms with E-state index in [4.69, 9.17) is 10.00 Å². The lowest BCUT2D eigenvalue weighted by molar-refractivity contribution is -0.137. The third-order valence-electron chi connectivity index (χ3n) is 3.00. The molecule has 21 heavy (non-hydrogen) atoms. The number of hydrogen-bond donors (Lipinski definition) is 0. The summed E-state index contributed by atoms with van der Waals surface area (Å²) >= 11 is 0. The summed E-state index contributed by atoms with van der Waals surface area (Å²) in [7, 11) is 0. The number of nitriles is 1. The van der Waals surface area contributed by atoms with Crippen LogP contribution < -0.4 is 4.74 Å². The van der Waals surface area contributed by atoms with Crippen LogP contribution in [0, 0.1) is 11.3 Å². The molecule has 0 radical (unpaired) electrons. The molecular formula is C16H12F3NO. The van der Waals surface area contributed by atoms with E-state index in [9.17, 15) is 13.2 Å². The van der Waals surface area contributed by atoms with Crippen LogP contribution in [0.15, 0.2) is 42.5 Å². The van der Waals surface area contributed by atoms with Gasteiger partial charge >= 0.3 is 6.18 Å². The van der Waals surface area contributed by atoms with Gasteiger partial charge in [-0.25, -0.2) is 0 Å². The lowest BCUT2D eigenvalue weighted by atomic mass is 10.1. The highest BCUT2D eigenvalue weighted by atomic mass is 19.4. The monoisotopic (exact) mass is 291 g/mol. The normalized spacial score (nSPS) is 11.0. The zero-order chi connectivity index (χ0) is 15.5. The van der Waals surface area contributed by atoms with E-state index >= 15 is 0 Å². The second kappa shape index (κ2) is 5.88. The zero-order valence-corrected chi connectivity index (χ0v) is 11.2. The Bertz CT molecular complexity index is 687. The Morgan fingerprint density at radius 1 is 1.14 bits per heavy atom. The maximum absolute atomic E-state index is 12.7. The van der Waals surface area contributed by atoms with Crippen molar-refractivity contribution in [2.45, 2.75) is 19.5 Å². The fourth-order valence-electron chi connectivity index (χ4n) is 1.95. The van der Waals surface area contributed by atoms with Gasteiger partial charge in [-0.05, 0) is 36.2 Å². The Hall–Kier alpha value is -2.48. The third kappa shape index (κ3) is 3.34. The summed E-state index contributed by atoms with van der Waals surface area (Å²) in [5.41, 5.74) is -0.467. The average Bonchev–Trinajstić information content (AvgIpc) is 2.46. The van der Waals surface area contributed by atoms with Crippen molar-refractivity contribution < 1.29 is 17.9 Å². The number of alkyl halides is 3. The predicted octanol–water partition coefficient (Wildman–Crippen LogP) is 4.93. The van der Waals surface area contributed by atoms with Crippen LogP contribution in [0.2, 0.25) is 0 Å². The molecule has 2 rings (SSSR count). The van der Waals surface area contributed by atoms with Crippen molar-refractivity contribution in [2.75, 3.05) is 0 Å². The van der Waals surface area contributed by atoms with Gasteiger partial charge in [0.1, 0.15) is 11.5 Å². The summed E-state index contributed by atoms with van der Waals surface area (Å²) in [4.78, 5) is 0. The minimum absolute atomic E-state index is 0.209. The molecule has 108 valence electrons. The van der Waals surface area contributed by atoms with Crippen molar-refractivity contribution in [3.05, 3.63) is 59.2 Å². The van der Waals surface area contributed by atoms with Gasteiger partial charge in [-0.1, -0.05) is 25.1 Å². The van der Waals surface area contributed by atoms with Crippen molar-refractivity contribution >= 4 is 0 Å². The number of aryl methyl sites for hydroxylation is 1. The van der Waals surface area contributed by atoms with Gasteiger partial charge in [0.15, 0.2) is 0 Å². The molecule has 0 N–H and O–H groups in total. The highest BCUT2D eigenvalue weighted by Gasteiger charge is 2.33. The standard InChI is InChI=1S/C16H12F3NO/c1-2-11-5-3-4-6-15(11)21-13-7-8-14(16(17,18)19)12(9-13)10-20/h3-9H,2H2,1H3. The molecule has 0 amide bonds. The van der Waals surface area contributed by atoms with Crippen LogP contribution in [0.4, 0.5) is 13.2 Å². The minimum Gasteiger partial charge on any atom is -0.457 e. The second-order valence-electron chi connectivity index (χ2n) is 4.38. The lowest BCUT2D eigenvalue weighted by Crippen LogP contribution is -2.07. The number of para-hydroxylation sites is 1. The average molecular weight is 291 g/mol. The van der Waals surface area contributed by atoms with Gasteiger partial charge in [-0.3, -0.25) is 0 Å². The summed E-state index contributed by atoms with van der Waals surface area (Å²) < 4.78 is 43.8. The van der Waals surface area contributed by atoms with E-state index < -0.39 is 17.3 Å². The Balaban J connectivity index is 2.37. The van der Waals surface area contributed by atoms with Gasteiger partial charge in [0, 0.05) is 0 Å². The van der Waals surface area contributed by atoms with Gasteiger partial charge in [0.05, 0.1) is 17.2 Å². The first-order chi connectivity index (χ1) is 9.95. The Kier molecular flexibility index (Phi) is 4.18. The maximum Gasteiger partial charge on any atom is 0.417 e. The Labute approximate surface area is 120 Å². The van der Waals surface area contributed by atoms with Crippen LogP contribution >= 0.6 is 0 Å². The Morgan fingerprint density at radius 3 is 2.48 bits per heavy atom. The Morgan fingerprint density at radius 2 is 1.86 bits per heavy atom. The van der Waals surface area contributed by atoms with E-state index in [1.165, 1.54) is 6.07 Å². The lowest BCUT2D eigenvalue weighted by Gasteiger charge is -2.12. The van der Waals surface area contributed by atoms with Gasteiger partial charge in [0.25, 0.3) is 0 Å². The molecular weight excluding hydrogens is 279 g/mol. The van der Waals surface area contributed by atoms with Gasteiger partial charge in [-0.2, -0.15) is 18.4 Å². The summed E-state index contributed by atoms with van der Waals surface area (Å²) in [6.45, 7) is 1.95. The number of ether oxygens (including phenoxy) is 1. The van der Waals surface area contributed by atoms with Gasteiger partial charge < -0.3 is 4.74 Å². The molecule has 0 saturated heterocycles. The molecule has 0 spiro atoms. The fourth-order valence-corrected chi connectivity index (χ4v) is 1.95. The summed E-state index contributed by atoms with van der Waals surface area (Å²) in [6, 6.07) is 12.0.